The number of benzene rings is 3. The molecule has 0 aromatic heterocycles. The first-order chi connectivity index (χ1) is 14.4. The lowest BCUT2D eigenvalue weighted by Crippen LogP contribution is -2.44. The lowest BCUT2D eigenvalue weighted by Gasteiger charge is -2.23. The van der Waals surface area contributed by atoms with E-state index in [0.29, 0.717) is 16.9 Å². The molecule has 152 valence electrons. The molecule has 30 heavy (non-hydrogen) atoms. The molecular formula is C24H21FN2O3. The molecule has 1 aliphatic rings. The third kappa shape index (κ3) is 3.35. The molecule has 0 spiro atoms. The van der Waals surface area contributed by atoms with Crippen molar-refractivity contribution in [1.82, 2.24) is 0 Å². The quantitative estimate of drug-likeness (QED) is 0.683. The van der Waals surface area contributed by atoms with Gasteiger partial charge in [-0.05, 0) is 42.3 Å². The summed E-state index contributed by atoms with van der Waals surface area (Å²) in [7, 11) is 0. The molecule has 2 amide bonds. The van der Waals surface area contributed by atoms with Crippen molar-refractivity contribution in [1.29, 1.82) is 0 Å². The Kier molecular flexibility index (Phi) is 5.10. The monoisotopic (exact) mass is 404 g/mol. The molecule has 0 radical (unpaired) electrons. The predicted molar refractivity (Wildman–Crippen MR) is 113 cm³/mol. The van der Waals surface area contributed by atoms with E-state index in [-0.39, 0.29) is 12.1 Å². The first-order valence-corrected chi connectivity index (χ1v) is 9.72. The number of aliphatic hydroxyl groups is 1. The van der Waals surface area contributed by atoms with Crippen LogP contribution in [0.25, 0.3) is 0 Å². The molecule has 0 saturated carbocycles. The van der Waals surface area contributed by atoms with Crippen LogP contribution < -0.4 is 10.2 Å². The van der Waals surface area contributed by atoms with E-state index < -0.39 is 23.2 Å². The summed E-state index contributed by atoms with van der Waals surface area (Å²) in [5.41, 5.74) is 0.584. The second kappa shape index (κ2) is 7.72. The zero-order chi connectivity index (χ0) is 21.3. The Bertz CT molecular complexity index is 1110. The summed E-state index contributed by atoms with van der Waals surface area (Å²) in [4.78, 5) is 27.1. The minimum atomic E-state index is -2.05. The lowest BCUT2D eigenvalue weighted by atomic mass is 9.87. The average Bonchev–Trinajstić information content (AvgIpc) is 2.97. The molecule has 1 aliphatic heterocycles. The van der Waals surface area contributed by atoms with Crippen LogP contribution in [0.5, 0.6) is 0 Å². The molecule has 0 aliphatic carbocycles. The SMILES string of the molecule is CCc1ccc(NC(=O)CN2C(=O)[C@@](O)(c3cccc(F)c3)c3ccccc32)cc1. The van der Waals surface area contributed by atoms with Gasteiger partial charge in [-0.3, -0.25) is 14.5 Å². The van der Waals surface area contributed by atoms with Gasteiger partial charge in [0, 0.05) is 16.8 Å². The van der Waals surface area contributed by atoms with E-state index in [1.54, 1.807) is 36.4 Å². The smallest absolute Gasteiger partial charge is 0.268 e. The molecule has 2 N–H and O–H groups in total. The minimum Gasteiger partial charge on any atom is -0.372 e. The Labute approximate surface area is 173 Å². The molecule has 3 aromatic rings. The van der Waals surface area contributed by atoms with Crippen molar-refractivity contribution in [3.63, 3.8) is 0 Å². The minimum absolute atomic E-state index is 0.123. The average molecular weight is 404 g/mol. The Morgan fingerprint density at radius 1 is 1.07 bits per heavy atom. The second-order valence-electron chi connectivity index (χ2n) is 7.23. The van der Waals surface area contributed by atoms with Crippen molar-refractivity contribution in [3.05, 3.63) is 95.3 Å². The van der Waals surface area contributed by atoms with Gasteiger partial charge >= 0.3 is 0 Å². The van der Waals surface area contributed by atoms with Crippen LogP contribution in [0.2, 0.25) is 0 Å². The van der Waals surface area contributed by atoms with Crippen LogP contribution in [-0.2, 0) is 21.6 Å². The molecule has 6 heteroatoms. The van der Waals surface area contributed by atoms with Crippen molar-refractivity contribution in [2.45, 2.75) is 18.9 Å². The summed E-state index contributed by atoms with van der Waals surface area (Å²) in [6, 6.07) is 19.5. The van der Waals surface area contributed by atoms with Gasteiger partial charge in [-0.2, -0.15) is 0 Å². The number of hydrogen-bond donors (Lipinski definition) is 2. The number of rotatable bonds is 5. The van der Waals surface area contributed by atoms with E-state index in [2.05, 4.69) is 5.32 Å². The lowest BCUT2D eigenvalue weighted by molar-refractivity contribution is -0.133. The number of fused-ring (bicyclic) bond motifs is 1. The van der Waals surface area contributed by atoms with Gasteiger partial charge in [0.25, 0.3) is 5.91 Å². The van der Waals surface area contributed by atoms with Gasteiger partial charge in [0.1, 0.15) is 12.4 Å². The van der Waals surface area contributed by atoms with Crippen LogP contribution in [0.4, 0.5) is 15.8 Å². The Balaban J connectivity index is 1.62. The van der Waals surface area contributed by atoms with E-state index in [9.17, 15) is 19.1 Å². The maximum atomic E-state index is 13.8. The number of carbonyl (C=O) groups excluding carboxylic acids is 2. The summed E-state index contributed by atoms with van der Waals surface area (Å²) < 4.78 is 13.8. The molecule has 3 aromatic carbocycles. The number of anilines is 2. The highest BCUT2D eigenvalue weighted by Gasteiger charge is 2.51. The highest BCUT2D eigenvalue weighted by atomic mass is 19.1. The fraction of sp³-hybridized carbons (Fsp3) is 0.167. The van der Waals surface area contributed by atoms with Crippen LogP contribution in [0.15, 0.2) is 72.8 Å². The number of amides is 2. The van der Waals surface area contributed by atoms with Gasteiger partial charge in [-0.15, -0.1) is 0 Å². The summed E-state index contributed by atoms with van der Waals surface area (Å²) in [5.74, 6) is -1.64. The van der Waals surface area contributed by atoms with Crippen molar-refractivity contribution in [2.24, 2.45) is 0 Å². The van der Waals surface area contributed by atoms with Gasteiger partial charge in [-0.1, -0.05) is 49.4 Å². The fourth-order valence-corrected chi connectivity index (χ4v) is 3.75. The van der Waals surface area contributed by atoms with Crippen molar-refractivity contribution in [3.8, 4) is 0 Å². The maximum absolute atomic E-state index is 13.8. The number of halogens is 1. The predicted octanol–water partition coefficient (Wildman–Crippen LogP) is 3.61. The number of carbonyl (C=O) groups is 2. The third-order valence-corrected chi connectivity index (χ3v) is 5.33. The van der Waals surface area contributed by atoms with Gasteiger partial charge in [0.15, 0.2) is 5.60 Å². The summed E-state index contributed by atoms with van der Waals surface area (Å²) in [6.45, 7) is 1.77. The fourth-order valence-electron chi connectivity index (χ4n) is 3.75. The zero-order valence-electron chi connectivity index (χ0n) is 16.4. The van der Waals surface area contributed by atoms with Crippen LogP contribution in [-0.4, -0.2) is 23.5 Å². The van der Waals surface area contributed by atoms with E-state index >= 15 is 0 Å². The van der Waals surface area contributed by atoms with Crippen LogP contribution in [0.1, 0.15) is 23.6 Å². The molecule has 1 atom stereocenters. The Morgan fingerprint density at radius 3 is 2.50 bits per heavy atom. The van der Waals surface area contributed by atoms with E-state index in [1.165, 1.54) is 23.1 Å². The number of nitrogens with one attached hydrogen (secondary N) is 1. The number of para-hydroxylation sites is 1. The summed E-state index contributed by atoms with van der Waals surface area (Å²) in [5, 5.41) is 14.1. The molecule has 0 fully saturated rings. The second-order valence-corrected chi connectivity index (χ2v) is 7.23. The Morgan fingerprint density at radius 2 is 1.80 bits per heavy atom. The number of nitrogens with zero attached hydrogens (tertiary/aromatic N) is 1. The van der Waals surface area contributed by atoms with Gasteiger partial charge < -0.3 is 10.4 Å². The summed E-state index contributed by atoms with van der Waals surface area (Å²) >= 11 is 0. The molecule has 0 bridgehead atoms. The van der Waals surface area contributed by atoms with Gasteiger partial charge in [-0.25, -0.2) is 4.39 Å². The van der Waals surface area contributed by atoms with E-state index in [1.807, 2.05) is 19.1 Å². The zero-order valence-corrected chi connectivity index (χ0v) is 16.4. The standard InChI is InChI=1S/C24H21FN2O3/c1-2-16-10-12-19(13-11-16)26-22(28)15-27-21-9-4-3-8-20(21)24(30,23(27)29)17-6-5-7-18(25)14-17/h3-14,30H,2,15H2,1H3,(H,26,28)/t24-/m1/s1. The number of aryl methyl sites for hydroxylation is 1. The number of hydrogen-bond acceptors (Lipinski definition) is 3. The summed E-state index contributed by atoms with van der Waals surface area (Å²) in [6.07, 6.45) is 0.895. The van der Waals surface area contributed by atoms with E-state index in [0.717, 1.165) is 18.1 Å². The topological polar surface area (TPSA) is 69.6 Å². The van der Waals surface area contributed by atoms with Crippen molar-refractivity contribution >= 4 is 23.2 Å². The molecule has 4 rings (SSSR count). The first-order valence-electron chi connectivity index (χ1n) is 9.72. The maximum Gasteiger partial charge on any atom is 0.268 e. The third-order valence-electron chi connectivity index (χ3n) is 5.33. The molecule has 1 heterocycles. The Hall–Kier alpha value is -3.51. The first kappa shape index (κ1) is 19.8. The molecule has 0 saturated heterocycles. The van der Waals surface area contributed by atoms with Gasteiger partial charge in [0.2, 0.25) is 5.91 Å². The van der Waals surface area contributed by atoms with E-state index in [4.69, 9.17) is 0 Å². The highest BCUT2D eigenvalue weighted by molar-refractivity contribution is 6.12. The van der Waals surface area contributed by atoms with Crippen LogP contribution >= 0.6 is 0 Å². The largest absolute Gasteiger partial charge is 0.372 e. The normalized spacial score (nSPS) is 17.7. The molecule has 5 nitrogen and oxygen atoms in total. The van der Waals surface area contributed by atoms with Crippen molar-refractivity contribution in [2.75, 3.05) is 16.8 Å². The van der Waals surface area contributed by atoms with Gasteiger partial charge in [0.05, 0.1) is 5.69 Å². The van der Waals surface area contributed by atoms with Crippen molar-refractivity contribution < 1.29 is 19.1 Å². The van der Waals surface area contributed by atoms with Crippen LogP contribution in [0, 0.1) is 5.82 Å². The highest BCUT2D eigenvalue weighted by Crippen LogP contribution is 2.44. The molecule has 0 unspecified atom stereocenters. The molecular weight excluding hydrogens is 383 g/mol. The van der Waals surface area contributed by atoms with Crippen LogP contribution in [0.3, 0.4) is 0 Å².